The van der Waals surface area contributed by atoms with Crippen LogP contribution in [0.2, 0.25) is 0 Å². The van der Waals surface area contributed by atoms with Crippen molar-refractivity contribution in [1.82, 2.24) is 5.32 Å². The highest BCUT2D eigenvalue weighted by Crippen LogP contribution is 2.25. The molecule has 0 amide bonds. The average molecular weight is 287 g/mol. The maximum Gasteiger partial charge on any atom is 0.159 e. The van der Waals surface area contributed by atoms with Gasteiger partial charge in [-0.3, -0.25) is 0 Å². The summed E-state index contributed by atoms with van der Waals surface area (Å²) < 4.78 is 26.3. The third-order valence-corrected chi connectivity index (χ3v) is 4.16. The zero-order valence-corrected chi connectivity index (χ0v) is 12.1. The van der Waals surface area contributed by atoms with E-state index in [0.29, 0.717) is 12.3 Å². The van der Waals surface area contributed by atoms with E-state index in [1.165, 1.54) is 23.3 Å². The second-order valence-corrected chi connectivity index (χ2v) is 5.81. The molecule has 0 saturated carbocycles. The Morgan fingerprint density at radius 1 is 1.05 bits per heavy atom. The van der Waals surface area contributed by atoms with E-state index in [4.69, 9.17) is 0 Å². The number of nitrogens with one attached hydrogen (secondary N) is 1. The first-order valence-corrected chi connectivity index (χ1v) is 7.40. The highest BCUT2D eigenvalue weighted by Gasteiger charge is 2.15. The minimum atomic E-state index is -0.791. The smallest absolute Gasteiger partial charge is 0.159 e. The molecule has 1 aliphatic heterocycles. The number of halogens is 2. The minimum absolute atomic E-state index is 0.479. The van der Waals surface area contributed by atoms with Gasteiger partial charge in [-0.2, -0.15) is 0 Å². The van der Waals surface area contributed by atoms with Gasteiger partial charge < -0.3 is 5.32 Å². The molecule has 1 atom stereocenters. The monoisotopic (exact) mass is 287 g/mol. The fraction of sp³-hybridized carbons (Fsp3) is 0.333. The van der Waals surface area contributed by atoms with Gasteiger partial charge in [-0.15, -0.1) is 0 Å². The van der Waals surface area contributed by atoms with Gasteiger partial charge in [-0.1, -0.05) is 31.2 Å². The normalized spacial score (nSPS) is 18.1. The summed E-state index contributed by atoms with van der Waals surface area (Å²) in [5.74, 6) is -1.09. The van der Waals surface area contributed by atoms with Gasteiger partial charge in [0.05, 0.1) is 0 Å². The molecule has 1 unspecified atom stereocenters. The number of hydrogen-bond acceptors (Lipinski definition) is 1. The summed E-state index contributed by atoms with van der Waals surface area (Å²) in [6, 6.07) is 10.6. The molecular formula is C18H19F2N. The Kier molecular flexibility index (Phi) is 4.02. The third kappa shape index (κ3) is 3.13. The molecule has 0 fully saturated rings. The molecule has 0 aliphatic carbocycles. The molecule has 0 radical (unpaired) electrons. The molecular weight excluding hydrogens is 268 g/mol. The van der Waals surface area contributed by atoms with Crippen molar-refractivity contribution in [2.24, 2.45) is 0 Å². The van der Waals surface area contributed by atoms with Gasteiger partial charge in [-0.05, 0) is 59.7 Å². The SMILES string of the molecule is CC1CNCCc2ccc(Cc3ccc(F)c(F)c3)cc21. The summed E-state index contributed by atoms with van der Waals surface area (Å²) in [6.45, 7) is 4.22. The van der Waals surface area contributed by atoms with E-state index in [9.17, 15) is 8.78 Å². The van der Waals surface area contributed by atoms with Crippen LogP contribution in [0.3, 0.4) is 0 Å². The number of benzene rings is 2. The van der Waals surface area contributed by atoms with Crippen LogP contribution >= 0.6 is 0 Å². The summed E-state index contributed by atoms with van der Waals surface area (Å²) >= 11 is 0. The number of fused-ring (bicyclic) bond motifs is 1. The van der Waals surface area contributed by atoms with Crippen LogP contribution in [0.1, 0.15) is 35.1 Å². The first kappa shape index (κ1) is 14.2. The standard InChI is InChI=1S/C18H19F2N/c1-12-11-21-7-6-15-4-2-13(9-16(12)15)8-14-3-5-17(19)18(20)10-14/h2-5,9-10,12,21H,6-8,11H2,1H3. The lowest BCUT2D eigenvalue weighted by Crippen LogP contribution is -2.18. The Balaban J connectivity index is 1.87. The van der Waals surface area contributed by atoms with E-state index < -0.39 is 11.6 Å². The van der Waals surface area contributed by atoms with Crippen LogP contribution in [0, 0.1) is 11.6 Å². The van der Waals surface area contributed by atoms with E-state index in [2.05, 4.69) is 30.4 Å². The molecule has 1 nitrogen and oxygen atoms in total. The van der Waals surface area contributed by atoms with Gasteiger partial charge in [-0.25, -0.2) is 8.78 Å². The molecule has 1 N–H and O–H groups in total. The Bertz CT molecular complexity index is 652. The number of rotatable bonds is 2. The van der Waals surface area contributed by atoms with Crippen LogP contribution in [-0.2, 0) is 12.8 Å². The highest BCUT2D eigenvalue weighted by molar-refractivity contribution is 5.38. The van der Waals surface area contributed by atoms with Crippen LogP contribution in [0.15, 0.2) is 36.4 Å². The summed E-state index contributed by atoms with van der Waals surface area (Å²) in [7, 11) is 0. The summed E-state index contributed by atoms with van der Waals surface area (Å²) in [5, 5.41) is 3.44. The first-order chi connectivity index (χ1) is 10.1. The van der Waals surface area contributed by atoms with Crippen molar-refractivity contribution in [2.45, 2.75) is 25.7 Å². The van der Waals surface area contributed by atoms with Crippen LogP contribution in [0.25, 0.3) is 0 Å². The second-order valence-electron chi connectivity index (χ2n) is 5.81. The predicted octanol–water partition coefficient (Wildman–Crippen LogP) is 3.80. The Labute approximate surface area is 124 Å². The van der Waals surface area contributed by atoms with E-state index >= 15 is 0 Å². The van der Waals surface area contributed by atoms with Gasteiger partial charge in [0.2, 0.25) is 0 Å². The minimum Gasteiger partial charge on any atom is -0.316 e. The molecule has 0 spiro atoms. The van der Waals surface area contributed by atoms with Gasteiger partial charge in [0.15, 0.2) is 11.6 Å². The van der Waals surface area contributed by atoms with E-state index in [0.717, 1.165) is 30.6 Å². The topological polar surface area (TPSA) is 12.0 Å². The van der Waals surface area contributed by atoms with Crippen molar-refractivity contribution in [2.75, 3.05) is 13.1 Å². The van der Waals surface area contributed by atoms with Crippen molar-refractivity contribution in [1.29, 1.82) is 0 Å². The van der Waals surface area contributed by atoms with Crippen molar-refractivity contribution >= 4 is 0 Å². The molecule has 0 bridgehead atoms. The molecule has 110 valence electrons. The first-order valence-electron chi connectivity index (χ1n) is 7.40. The zero-order valence-electron chi connectivity index (χ0n) is 12.1. The molecule has 2 aromatic rings. The van der Waals surface area contributed by atoms with Crippen molar-refractivity contribution < 1.29 is 8.78 Å². The lowest BCUT2D eigenvalue weighted by Gasteiger charge is -2.14. The summed E-state index contributed by atoms with van der Waals surface area (Å²) in [6.07, 6.45) is 1.68. The van der Waals surface area contributed by atoms with Crippen LogP contribution in [0.5, 0.6) is 0 Å². The lowest BCUT2D eigenvalue weighted by molar-refractivity contribution is 0.507. The quantitative estimate of drug-likeness (QED) is 0.886. The Hall–Kier alpha value is -1.74. The van der Waals surface area contributed by atoms with Gasteiger partial charge in [0, 0.05) is 6.54 Å². The molecule has 0 saturated heterocycles. The van der Waals surface area contributed by atoms with E-state index in [1.54, 1.807) is 6.07 Å². The van der Waals surface area contributed by atoms with E-state index in [1.807, 2.05) is 0 Å². The molecule has 1 heterocycles. The van der Waals surface area contributed by atoms with Crippen molar-refractivity contribution in [3.8, 4) is 0 Å². The largest absolute Gasteiger partial charge is 0.316 e. The Morgan fingerprint density at radius 3 is 2.62 bits per heavy atom. The second kappa shape index (κ2) is 5.94. The predicted molar refractivity (Wildman–Crippen MR) is 80.6 cm³/mol. The van der Waals surface area contributed by atoms with Gasteiger partial charge in [0.1, 0.15) is 0 Å². The molecule has 1 aliphatic rings. The lowest BCUT2D eigenvalue weighted by atomic mass is 9.91. The molecule has 2 aromatic carbocycles. The third-order valence-electron chi connectivity index (χ3n) is 4.16. The summed E-state index contributed by atoms with van der Waals surface area (Å²) in [4.78, 5) is 0. The molecule has 0 aromatic heterocycles. The number of hydrogen-bond donors (Lipinski definition) is 1. The zero-order chi connectivity index (χ0) is 14.8. The maximum absolute atomic E-state index is 13.3. The van der Waals surface area contributed by atoms with Crippen molar-refractivity contribution in [3.05, 3.63) is 70.3 Å². The molecule has 3 rings (SSSR count). The van der Waals surface area contributed by atoms with Crippen LogP contribution < -0.4 is 5.32 Å². The maximum atomic E-state index is 13.3. The van der Waals surface area contributed by atoms with Crippen LogP contribution in [-0.4, -0.2) is 13.1 Å². The highest BCUT2D eigenvalue weighted by atomic mass is 19.2. The fourth-order valence-electron chi connectivity index (χ4n) is 2.98. The van der Waals surface area contributed by atoms with Crippen LogP contribution in [0.4, 0.5) is 8.78 Å². The van der Waals surface area contributed by atoms with Gasteiger partial charge in [0.25, 0.3) is 0 Å². The molecule has 21 heavy (non-hydrogen) atoms. The van der Waals surface area contributed by atoms with E-state index in [-0.39, 0.29) is 0 Å². The van der Waals surface area contributed by atoms with Gasteiger partial charge >= 0.3 is 0 Å². The van der Waals surface area contributed by atoms with Crippen molar-refractivity contribution in [3.63, 3.8) is 0 Å². The molecule has 3 heteroatoms. The average Bonchev–Trinajstić information content (AvgIpc) is 2.65. The summed E-state index contributed by atoms with van der Waals surface area (Å²) in [5.41, 5.74) is 4.71. The fourth-order valence-corrected chi connectivity index (χ4v) is 2.98. The Morgan fingerprint density at radius 2 is 1.81 bits per heavy atom.